The van der Waals surface area contributed by atoms with Crippen LogP contribution < -0.4 is 0 Å². The molecule has 0 saturated heterocycles. The standard InChI is InChI=1S/C2H3ClO4S.2Na.2H/c3-1-2(4)7-8(5)6;;;;/h1H2,(H,5,6);;;;. The first-order chi connectivity index (χ1) is 3.66. The number of carbonyl (C=O) groups is 1. The second-order valence-electron chi connectivity index (χ2n) is 0.806. The Morgan fingerprint density at radius 3 is 2.10 bits per heavy atom. The molecule has 0 bridgehead atoms. The summed E-state index contributed by atoms with van der Waals surface area (Å²) >= 11 is 2.35. The maximum absolute atomic E-state index is 9.91. The van der Waals surface area contributed by atoms with Crippen LogP contribution in [0.15, 0.2) is 0 Å². The molecule has 0 aliphatic carbocycles. The molecule has 8 heteroatoms. The number of rotatable bonds is 2. The molecule has 0 fully saturated rings. The van der Waals surface area contributed by atoms with Gasteiger partial charge >= 0.3 is 76.4 Å². The van der Waals surface area contributed by atoms with Crippen LogP contribution in [0, 0.1) is 0 Å². The number of hydrogen-bond acceptors (Lipinski definition) is 3. The Bertz CT molecular complexity index is 120. The summed E-state index contributed by atoms with van der Waals surface area (Å²) in [6.45, 7) is 0. The first-order valence-corrected chi connectivity index (χ1v) is 3.11. The number of hydrogen-bond donors (Lipinski definition) is 1. The molecule has 1 unspecified atom stereocenters. The van der Waals surface area contributed by atoms with Gasteiger partial charge < -0.3 is 4.18 Å². The van der Waals surface area contributed by atoms with Crippen molar-refractivity contribution in [3.05, 3.63) is 0 Å². The van der Waals surface area contributed by atoms with Gasteiger partial charge in [-0.1, -0.05) is 0 Å². The number of halogens is 1. The number of carbonyl (C=O) groups excluding carboxylic acids is 1. The molecule has 0 aromatic carbocycles. The van der Waals surface area contributed by atoms with Gasteiger partial charge in [-0.05, 0) is 0 Å². The first-order valence-electron chi connectivity index (χ1n) is 1.54. The second kappa shape index (κ2) is 10.9. The Kier molecular flexibility index (Phi) is 19.4. The SMILES string of the molecule is O=C(CCl)OS(=O)O.[NaH].[NaH]. The van der Waals surface area contributed by atoms with Crippen LogP contribution in [0.2, 0.25) is 0 Å². The van der Waals surface area contributed by atoms with Crippen molar-refractivity contribution in [2.75, 3.05) is 5.88 Å². The van der Waals surface area contributed by atoms with Crippen molar-refractivity contribution in [2.45, 2.75) is 0 Å². The summed E-state index contributed by atoms with van der Waals surface area (Å²) in [5.74, 6) is -1.32. The summed E-state index contributed by atoms with van der Waals surface area (Å²) in [5, 5.41) is 0. The molecule has 0 aliphatic rings. The minimum absolute atomic E-state index is 0. The topological polar surface area (TPSA) is 63.6 Å². The quantitative estimate of drug-likeness (QED) is 0.343. The van der Waals surface area contributed by atoms with Crippen LogP contribution in [0.5, 0.6) is 0 Å². The van der Waals surface area contributed by atoms with Crippen molar-refractivity contribution in [3.8, 4) is 0 Å². The van der Waals surface area contributed by atoms with Gasteiger partial charge in [-0.15, -0.1) is 11.6 Å². The Morgan fingerprint density at radius 2 is 2.00 bits per heavy atom. The van der Waals surface area contributed by atoms with Crippen LogP contribution in [-0.2, 0) is 20.3 Å². The van der Waals surface area contributed by atoms with Gasteiger partial charge in [0.15, 0.2) is 0 Å². The molecular formula is C2H5ClNa2O4S. The van der Waals surface area contributed by atoms with E-state index >= 15 is 0 Å². The zero-order valence-corrected chi connectivity index (χ0v) is 5.24. The number of alkyl halides is 1. The molecule has 0 aliphatic heterocycles. The van der Waals surface area contributed by atoms with E-state index in [-0.39, 0.29) is 59.1 Å². The third kappa shape index (κ3) is 12.5. The van der Waals surface area contributed by atoms with Crippen LogP contribution in [0.25, 0.3) is 0 Å². The van der Waals surface area contributed by atoms with E-state index in [1.165, 1.54) is 0 Å². The van der Waals surface area contributed by atoms with Crippen molar-refractivity contribution in [3.63, 3.8) is 0 Å². The van der Waals surface area contributed by atoms with E-state index in [2.05, 4.69) is 4.18 Å². The maximum atomic E-state index is 9.91. The molecule has 0 heterocycles. The van der Waals surface area contributed by atoms with Crippen molar-refractivity contribution in [2.24, 2.45) is 0 Å². The fourth-order valence-corrected chi connectivity index (χ4v) is 0.439. The Balaban J connectivity index is -0.000000245. The summed E-state index contributed by atoms with van der Waals surface area (Å²) in [6, 6.07) is 0. The normalized spacial score (nSPS) is 10.2. The average molecular weight is 207 g/mol. The van der Waals surface area contributed by atoms with E-state index in [9.17, 15) is 9.00 Å². The molecule has 0 radical (unpaired) electrons. The monoisotopic (exact) mass is 206 g/mol. The minimum atomic E-state index is -2.53. The van der Waals surface area contributed by atoms with E-state index in [0.29, 0.717) is 0 Å². The van der Waals surface area contributed by atoms with E-state index in [0.717, 1.165) is 0 Å². The molecule has 0 aromatic rings. The van der Waals surface area contributed by atoms with Crippen LogP contribution in [0.3, 0.4) is 0 Å². The van der Waals surface area contributed by atoms with E-state index in [1.807, 2.05) is 0 Å². The van der Waals surface area contributed by atoms with Gasteiger partial charge in [-0.2, -0.15) is 4.21 Å². The van der Waals surface area contributed by atoms with E-state index < -0.39 is 23.2 Å². The summed E-state index contributed by atoms with van der Waals surface area (Å²) in [7, 11) is 0. The summed E-state index contributed by atoms with van der Waals surface area (Å²) in [5.41, 5.74) is 0. The van der Waals surface area contributed by atoms with E-state index in [1.54, 1.807) is 0 Å². The van der Waals surface area contributed by atoms with Crippen LogP contribution in [0.4, 0.5) is 0 Å². The molecule has 0 saturated carbocycles. The van der Waals surface area contributed by atoms with Gasteiger partial charge in [0, 0.05) is 0 Å². The van der Waals surface area contributed by atoms with Gasteiger partial charge in [0.1, 0.15) is 5.88 Å². The molecule has 1 N–H and O–H groups in total. The van der Waals surface area contributed by atoms with Crippen molar-refractivity contribution < 1.29 is 17.7 Å². The summed E-state index contributed by atoms with van der Waals surface area (Å²) in [6.07, 6.45) is 0. The third-order valence-electron chi connectivity index (χ3n) is 0.273. The molecule has 10 heavy (non-hydrogen) atoms. The predicted octanol–water partition coefficient (Wildman–Crippen LogP) is -1.39. The molecule has 52 valence electrons. The molecule has 0 aromatic heterocycles. The first kappa shape index (κ1) is 17.8. The third-order valence-corrected chi connectivity index (χ3v) is 0.820. The molecule has 0 amide bonds. The van der Waals surface area contributed by atoms with Crippen molar-refractivity contribution in [1.29, 1.82) is 0 Å². The van der Waals surface area contributed by atoms with Gasteiger partial charge in [-0.25, -0.2) is 4.79 Å². The zero-order valence-electron chi connectivity index (χ0n) is 3.67. The molecule has 1 atom stereocenters. The molecule has 0 rings (SSSR count). The Hall–Kier alpha value is 1.87. The van der Waals surface area contributed by atoms with Crippen molar-refractivity contribution >= 4 is 88.0 Å². The zero-order chi connectivity index (χ0) is 6.57. The van der Waals surface area contributed by atoms with Gasteiger partial charge in [0.05, 0.1) is 0 Å². The van der Waals surface area contributed by atoms with Gasteiger partial charge in [0.2, 0.25) is 0 Å². The van der Waals surface area contributed by atoms with Gasteiger partial charge in [-0.3, -0.25) is 4.55 Å². The fourth-order valence-electron chi connectivity index (χ4n) is 0.102. The van der Waals surface area contributed by atoms with Crippen LogP contribution >= 0.6 is 11.6 Å². The van der Waals surface area contributed by atoms with Crippen molar-refractivity contribution in [1.82, 2.24) is 0 Å². The van der Waals surface area contributed by atoms with Crippen LogP contribution in [0.1, 0.15) is 0 Å². The Labute approximate surface area is 110 Å². The van der Waals surface area contributed by atoms with Gasteiger partial charge in [0.25, 0.3) is 0 Å². The summed E-state index contributed by atoms with van der Waals surface area (Å²) in [4.78, 5) is 9.91. The second-order valence-corrected chi connectivity index (χ2v) is 1.67. The van der Waals surface area contributed by atoms with Crippen LogP contribution in [-0.4, -0.2) is 79.7 Å². The fraction of sp³-hybridized carbons (Fsp3) is 0.500. The summed E-state index contributed by atoms with van der Waals surface area (Å²) < 4.78 is 21.1. The Morgan fingerprint density at radius 1 is 1.60 bits per heavy atom. The average Bonchev–Trinajstić information content (AvgIpc) is 1.65. The predicted molar refractivity (Wildman–Crippen MR) is 41.9 cm³/mol. The molecular weight excluding hydrogens is 202 g/mol. The molecule has 0 spiro atoms. The van der Waals surface area contributed by atoms with E-state index in [4.69, 9.17) is 16.2 Å². The molecule has 4 nitrogen and oxygen atoms in total.